The number of carbonyl (C=O) groups excluding carboxylic acids is 2. The Balaban J connectivity index is 1.64. The minimum absolute atomic E-state index is 0.0246. The monoisotopic (exact) mass is 318 g/mol. The summed E-state index contributed by atoms with van der Waals surface area (Å²) in [6.45, 7) is 5.55. The molecule has 0 N–H and O–H groups in total. The van der Waals surface area contributed by atoms with Gasteiger partial charge >= 0.3 is 0 Å². The molecule has 0 bridgehead atoms. The lowest BCUT2D eigenvalue weighted by Crippen LogP contribution is -2.49. The molecule has 2 aliphatic rings. The molecule has 3 rings (SSSR count). The highest BCUT2D eigenvalue weighted by Crippen LogP contribution is 2.31. The third-order valence-corrected chi connectivity index (χ3v) is 4.13. The van der Waals surface area contributed by atoms with Gasteiger partial charge in [0.1, 0.15) is 5.75 Å². The van der Waals surface area contributed by atoms with E-state index in [9.17, 15) is 9.59 Å². The lowest BCUT2D eigenvalue weighted by molar-refractivity contribution is -0.143. The molecule has 6 heteroatoms. The van der Waals surface area contributed by atoms with Gasteiger partial charge in [-0.25, -0.2) is 0 Å². The number of fused-ring (bicyclic) bond motifs is 1. The predicted molar refractivity (Wildman–Crippen MR) is 85.5 cm³/mol. The average Bonchev–Trinajstić information content (AvgIpc) is 2.52. The number of para-hydroxylation sites is 2. The number of benzene rings is 1. The highest BCUT2D eigenvalue weighted by atomic mass is 16.5. The smallest absolute Gasteiger partial charge is 0.265 e. The van der Waals surface area contributed by atoms with Crippen LogP contribution in [0.4, 0.5) is 5.69 Å². The molecule has 2 amide bonds. The first kappa shape index (κ1) is 15.8. The Hall–Kier alpha value is -2.08. The molecular formula is C17H22N2O4. The van der Waals surface area contributed by atoms with Gasteiger partial charge in [0, 0.05) is 26.1 Å². The van der Waals surface area contributed by atoms with Crippen LogP contribution in [0.5, 0.6) is 5.75 Å². The van der Waals surface area contributed by atoms with E-state index in [1.54, 1.807) is 4.90 Å². The summed E-state index contributed by atoms with van der Waals surface area (Å²) in [5, 5.41) is 0. The summed E-state index contributed by atoms with van der Waals surface area (Å²) in [5.41, 5.74) is 0.736. The summed E-state index contributed by atoms with van der Waals surface area (Å²) in [6.07, 6.45) is 0.404. The molecule has 2 heterocycles. The van der Waals surface area contributed by atoms with Gasteiger partial charge in [0.05, 0.1) is 17.9 Å². The number of morpholine rings is 1. The fourth-order valence-corrected chi connectivity index (χ4v) is 3.15. The van der Waals surface area contributed by atoms with E-state index in [1.807, 2.05) is 43.0 Å². The van der Waals surface area contributed by atoms with E-state index in [-0.39, 0.29) is 30.6 Å². The van der Waals surface area contributed by atoms with Gasteiger partial charge in [0.25, 0.3) is 5.91 Å². The number of hydrogen-bond acceptors (Lipinski definition) is 4. The molecule has 2 unspecified atom stereocenters. The van der Waals surface area contributed by atoms with Crippen molar-refractivity contribution < 1.29 is 19.1 Å². The Morgan fingerprint density at radius 1 is 1.22 bits per heavy atom. The zero-order valence-corrected chi connectivity index (χ0v) is 13.5. The molecular weight excluding hydrogens is 296 g/mol. The summed E-state index contributed by atoms with van der Waals surface area (Å²) >= 11 is 0. The van der Waals surface area contributed by atoms with Crippen LogP contribution < -0.4 is 9.64 Å². The van der Waals surface area contributed by atoms with Gasteiger partial charge in [-0.1, -0.05) is 12.1 Å². The van der Waals surface area contributed by atoms with E-state index in [0.29, 0.717) is 31.8 Å². The largest absolute Gasteiger partial charge is 0.482 e. The summed E-state index contributed by atoms with van der Waals surface area (Å²) in [5.74, 6) is 0.636. The third-order valence-electron chi connectivity index (χ3n) is 4.13. The molecule has 124 valence electrons. The predicted octanol–water partition coefficient (Wildman–Crippen LogP) is 1.44. The van der Waals surface area contributed by atoms with E-state index >= 15 is 0 Å². The molecule has 0 saturated carbocycles. The second kappa shape index (κ2) is 6.58. The van der Waals surface area contributed by atoms with Crippen LogP contribution >= 0.6 is 0 Å². The van der Waals surface area contributed by atoms with Crippen molar-refractivity contribution in [3.05, 3.63) is 24.3 Å². The van der Waals surface area contributed by atoms with Crippen LogP contribution in [0.1, 0.15) is 20.3 Å². The molecule has 0 aliphatic carbocycles. The third kappa shape index (κ3) is 3.47. The molecule has 1 aromatic carbocycles. The lowest BCUT2D eigenvalue weighted by atomic mass is 10.2. The molecule has 1 saturated heterocycles. The number of amides is 2. The van der Waals surface area contributed by atoms with Crippen molar-refractivity contribution in [1.29, 1.82) is 0 Å². The van der Waals surface area contributed by atoms with Gasteiger partial charge in [-0.3, -0.25) is 9.59 Å². The number of anilines is 1. The molecule has 0 radical (unpaired) electrons. The van der Waals surface area contributed by atoms with Crippen molar-refractivity contribution in [3.8, 4) is 5.75 Å². The number of nitrogens with zero attached hydrogens (tertiary/aromatic N) is 2. The maximum Gasteiger partial charge on any atom is 0.265 e. The van der Waals surface area contributed by atoms with Gasteiger partial charge in [0.2, 0.25) is 5.91 Å². The molecule has 2 atom stereocenters. The molecule has 0 aromatic heterocycles. The second-order valence-electron chi connectivity index (χ2n) is 6.11. The van der Waals surface area contributed by atoms with Crippen LogP contribution in [0.15, 0.2) is 24.3 Å². The van der Waals surface area contributed by atoms with Gasteiger partial charge in [-0.2, -0.15) is 0 Å². The fourth-order valence-electron chi connectivity index (χ4n) is 3.15. The van der Waals surface area contributed by atoms with Gasteiger partial charge < -0.3 is 19.3 Å². The van der Waals surface area contributed by atoms with Crippen molar-refractivity contribution >= 4 is 17.5 Å². The normalized spacial score (nSPS) is 24.2. The first-order chi connectivity index (χ1) is 11.0. The highest BCUT2D eigenvalue weighted by Gasteiger charge is 2.28. The standard InChI is InChI=1S/C17H22N2O4/c1-12-9-18(10-13(2)23-12)16(20)7-8-19-14-5-3-4-6-15(14)22-11-17(19)21/h3-6,12-13H,7-11H2,1-2H3. The second-order valence-corrected chi connectivity index (χ2v) is 6.11. The Kier molecular flexibility index (Phi) is 4.52. The van der Waals surface area contributed by atoms with Crippen LogP contribution in [0, 0.1) is 0 Å². The molecule has 1 aromatic rings. The summed E-state index contributed by atoms with van der Waals surface area (Å²) < 4.78 is 11.1. The topological polar surface area (TPSA) is 59.1 Å². The molecule has 1 fully saturated rings. The van der Waals surface area contributed by atoms with Crippen LogP contribution in [-0.4, -0.2) is 55.2 Å². The fraction of sp³-hybridized carbons (Fsp3) is 0.529. The SMILES string of the molecule is CC1CN(C(=O)CCN2C(=O)COc3ccccc32)CC(C)O1. The first-order valence-electron chi connectivity index (χ1n) is 8.00. The van der Waals surface area contributed by atoms with Crippen molar-refractivity contribution in [1.82, 2.24) is 4.90 Å². The maximum atomic E-state index is 12.5. The average molecular weight is 318 g/mol. The minimum atomic E-state index is -0.111. The van der Waals surface area contributed by atoms with E-state index in [0.717, 1.165) is 5.69 Å². The minimum Gasteiger partial charge on any atom is -0.482 e. The van der Waals surface area contributed by atoms with E-state index in [2.05, 4.69) is 0 Å². The van der Waals surface area contributed by atoms with Crippen molar-refractivity contribution in [3.63, 3.8) is 0 Å². The summed E-state index contributed by atoms with van der Waals surface area (Å²) in [6, 6.07) is 7.41. The number of rotatable bonds is 3. The molecule has 0 spiro atoms. The Morgan fingerprint density at radius 3 is 2.65 bits per heavy atom. The Morgan fingerprint density at radius 2 is 1.91 bits per heavy atom. The number of ether oxygens (including phenoxy) is 2. The number of hydrogen-bond donors (Lipinski definition) is 0. The Labute approximate surface area is 136 Å². The van der Waals surface area contributed by atoms with Crippen LogP contribution in [0.25, 0.3) is 0 Å². The summed E-state index contributed by atoms with van der Waals surface area (Å²) in [4.78, 5) is 28.0. The molecule has 2 aliphatic heterocycles. The van der Waals surface area contributed by atoms with E-state index in [4.69, 9.17) is 9.47 Å². The first-order valence-corrected chi connectivity index (χ1v) is 8.00. The van der Waals surface area contributed by atoms with Crippen LogP contribution in [0.2, 0.25) is 0 Å². The number of carbonyl (C=O) groups is 2. The van der Waals surface area contributed by atoms with E-state index in [1.165, 1.54) is 0 Å². The maximum absolute atomic E-state index is 12.5. The lowest BCUT2D eigenvalue weighted by Gasteiger charge is -2.36. The van der Waals surface area contributed by atoms with Gasteiger partial charge in [0.15, 0.2) is 6.61 Å². The quantitative estimate of drug-likeness (QED) is 0.846. The zero-order chi connectivity index (χ0) is 16.4. The van der Waals surface area contributed by atoms with Crippen molar-refractivity contribution in [2.45, 2.75) is 32.5 Å². The Bertz CT molecular complexity index is 594. The molecule has 6 nitrogen and oxygen atoms in total. The zero-order valence-electron chi connectivity index (χ0n) is 13.5. The van der Waals surface area contributed by atoms with E-state index < -0.39 is 0 Å². The van der Waals surface area contributed by atoms with Crippen molar-refractivity contribution in [2.24, 2.45) is 0 Å². The van der Waals surface area contributed by atoms with Crippen LogP contribution in [-0.2, 0) is 14.3 Å². The summed E-state index contributed by atoms with van der Waals surface area (Å²) in [7, 11) is 0. The van der Waals surface area contributed by atoms with Gasteiger partial charge in [-0.15, -0.1) is 0 Å². The van der Waals surface area contributed by atoms with Gasteiger partial charge in [-0.05, 0) is 26.0 Å². The highest BCUT2D eigenvalue weighted by molar-refractivity contribution is 5.98. The van der Waals surface area contributed by atoms with Crippen LogP contribution in [0.3, 0.4) is 0 Å². The van der Waals surface area contributed by atoms with Crippen molar-refractivity contribution in [2.75, 3.05) is 31.1 Å². The molecule has 23 heavy (non-hydrogen) atoms.